The summed E-state index contributed by atoms with van der Waals surface area (Å²) < 4.78 is 4.59. The lowest BCUT2D eigenvalue weighted by Crippen LogP contribution is -2.19. The molecule has 0 aliphatic carbocycles. The van der Waals surface area contributed by atoms with Crippen molar-refractivity contribution in [2.24, 2.45) is 5.84 Å². The standard InChI is InChI=1S/C12H20N4O2S/c1-12(2,3)11-14-8(16-13)7-9(15-11)19-6-5-10(17)18-4/h7H,5-6,13H2,1-4H3,(H,14,15,16). The molecule has 0 saturated carbocycles. The van der Waals surface area contributed by atoms with Crippen molar-refractivity contribution in [3.05, 3.63) is 11.9 Å². The lowest BCUT2D eigenvalue weighted by Gasteiger charge is -2.18. The molecule has 1 aromatic heterocycles. The molecule has 0 fully saturated rings. The van der Waals surface area contributed by atoms with Gasteiger partial charge in [0.25, 0.3) is 0 Å². The van der Waals surface area contributed by atoms with Crippen molar-refractivity contribution >= 4 is 23.5 Å². The zero-order valence-corrected chi connectivity index (χ0v) is 12.5. The number of hydrogen-bond acceptors (Lipinski definition) is 7. The molecule has 1 rings (SSSR count). The number of thioether (sulfide) groups is 1. The highest BCUT2D eigenvalue weighted by Gasteiger charge is 2.19. The van der Waals surface area contributed by atoms with Crippen LogP contribution in [0.3, 0.4) is 0 Å². The molecule has 0 radical (unpaired) electrons. The van der Waals surface area contributed by atoms with Crippen molar-refractivity contribution in [2.75, 3.05) is 18.3 Å². The van der Waals surface area contributed by atoms with E-state index in [4.69, 9.17) is 5.84 Å². The van der Waals surface area contributed by atoms with Crippen molar-refractivity contribution in [2.45, 2.75) is 37.6 Å². The molecule has 0 unspecified atom stereocenters. The van der Waals surface area contributed by atoms with Gasteiger partial charge in [-0.3, -0.25) is 4.79 Å². The number of esters is 1. The first kappa shape index (κ1) is 15.7. The minimum absolute atomic E-state index is 0.162. The average molecular weight is 284 g/mol. The highest BCUT2D eigenvalue weighted by molar-refractivity contribution is 7.99. The van der Waals surface area contributed by atoms with Gasteiger partial charge < -0.3 is 10.2 Å². The molecular weight excluding hydrogens is 264 g/mol. The first-order valence-electron chi connectivity index (χ1n) is 5.92. The molecule has 3 N–H and O–H groups in total. The summed E-state index contributed by atoms with van der Waals surface area (Å²) in [6.07, 6.45) is 0.349. The van der Waals surface area contributed by atoms with Gasteiger partial charge in [0.05, 0.1) is 13.5 Å². The van der Waals surface area contributed by atoms with Crippen molar-refractivity contribution < 1.29 is 9.53 Å². The van der Waals surface area contributed by atoms with Crippen molar-refractivity contribution in [1.82, 2.24) is 9.97 Å². The topological polar surface area (TPSA) is 90.1 Å². The zero-order chi connectivity index (χ0) is 14.5. The Labute approximate surface area is 117 Å². The first-order valence-corrected chi connectivity index (χ1v) is 6.91. The fourth-order valence-corrected chi connectivity index (χ4v) is 2.07. The minimum Gasteiger partial charge on any atom is -0.469 e. The third-order valence-electron chi connectivity index (χ3n) is 2.31. The van der Waals surface area contributed by atoms with E-state index in [2.05, 4.69) is 20.1 Å². The Morgan fingerprint density at radius 2 is 2.16 bits per heavy atom. The van der Waals surface area contributed by atoms with Crippen molar-refractivity contribution in [3.63, 3.8) is 0 Å². The monoisotopic (exact) mass is 284 g/mol. The quantitative estimate of drug-likeness (QED) is 0.280. The number of nitrogen functional groups attached to an aromatic ring is 1. The first-order chi connectivity index (χ1) is 8.86. The lowest BCUT2D eigenvalue weighted by molar-refractivity contribution is -0.140. The van der Waals surface area contributed by atoms with Crippen LogP contribution in [0.2, 0.25) is 0 Å². The van der Waals surface area contributed by atoms with Crippen LogP contribution in [-0.4, -0.2) is 28.8 Å². The lowest BCUT2D eigenvalue weighted by atomic mass is 9.96. The Morgan fingerprint density at radius 3 is 2.68 bits per heavy atom. The number of rotatable bonds is 5. The molecule has 0 saturated heterocycles. The molecule has 106 valence electrons. The summed E-state index contributed by atoms with van der Waals surface area (Å²) in [4.78, 5) is 19.9. The summed E-state index contributed by atoms with van der Waals surface area (Å²) in [6.45, 7) is 6.10. The number of nitrogens with zero attached hydrogens (tertiary/aromatic N) is 2. The molecule has 1 aromatic rings. The normalized spacial score (nSPS) is 11.2. The Hall–Kier alpha value is -1.34. The number of carbonyl (C=O) groups excluding carboxylic acids is 1. The Balaban J connectivity index is 2.80. The molecule has 0 amide bonds. The van der Waals surface area contributed by atoms with Crippen molar-refractivity contribution in [3.8, 4) is 0 Å². The zero-order valence-electron chi connectivity index (χ0n) is 11.7. The summed E-state index contributed by atoms with van der Waals surface area (Å²) in [7, 11) is 1.38. The van der Waals surface area contributed by atoms with E-state index in [1.165, 1.54) is 18.9 Å². The van der Waals surface area contributed by atoms with Crippen LogP contribution in [0.5, 0.6) is 0 Å². The van der Waals surface area contributed by atoms with Gasteiger partial charge in [-0.25, -0.2) is 15.8 Å². The molecule has 6 nitrogen and oxygen atoms in total. The van der Waals surface area contributed by atoms with Gasteiger partial charge in [0, 0.05) is 17.2 Å². The summed E-state index contributed by atoms with van der Waals surface area (Å²) in [5.41, 5.74) is 2.37. The van der Waals surface area contributed by atoms with E-state index in [0.717, 1.165) is 5.03 Å². The van der Waals surface area contributed by atoms with Gasteiger partial charge in [-0.05, 0) is 0 Å². The van der Waals surface area contributed by atoms with Gasteiger partial charge in [0.15, 0.2) is 0 Å². The predicted octanol–water partition coefficient (Wildman–Crippen LogP) is 1.71. The Kier molecular flexibility index (Phi) is 5.56. The van der Waals surface area contributed by atoms with Gasteiger partial charge in [-0.1, -0.05) is 20.8 Å². The number of aromatic nitrogens is 2. The smallest absolute Gasteiger partial charge is 0.306 e. The largest absolute Gasteiger partial charge is 0.469 e. The van der Waals surface area contributed by atoms with Gasteiger partial charge in [-0.2, -0.15) is 0 Å². The molecule has 0 aliphatic rings. The number of methoxy groups -OCH3 is 1. The second-order valence-electron chi connectivity index (χ2n) is 4.98. The maximum Gasteiger partial charge on any atom is 0.306 e. The van der Waals surface area contributed by atoms with Crippen LogP contribution in [-0.2, 0) is 14.9 Å². The summed E-state index contributed by atoms with van der Waals surface area (Å²) in [5, 5.41) is 0.789. The predicted molar refractivity (Wildman–Crippen MR) is 75.9 cm³/mol. The van der Waals surface area contributed by atoms with Gasteiger partial charge >= 0.3 is 5.97 Å². The van der Waals surface area contributed by atoms with Crippen molar-refractivity contribution in [1.29, 1.82) is 0 Å². The molecule has 19 heavy (non-hydrogen) atoms. The SMILES string of the molecule is COC(=O)CCSc1cc(NN)nc(C(C)(C)C)n1. The van der Waals surface area contributed by atoms with Crippen LogP contribution in [0.1, 0.15) is 33.0 Å². The summed E-state index contributed by atoms with van der Waals surface area (Å²) in [5.74, 6) is 7.07. The van der Waals surface area contributed by atoms with Crippen LogP contribution < -0.4 is 11.3 Å². The van der Waals surface area contributed by atoms with Gasteiger partial charge in [-0.15, -0.1) is 11.8 Å². The van der Waals surface area contributed by atoms with E-state index in [1.807, 2.05) is 20.8 Å². The highest BCUT2D eigenvalue weighted by Crippen LogP contribution is 2.25. The maximum absolute atomic E-state index is 11.1. The molecule has 1 heterocycles. The second-order valence-corrected chi connectivity index (χ2v) is 6.10. The van der Waals surface area contributed by atoms with E-state index in [0.29, 0.717) is 23.8 Å². The minimum atomic E-state index is -0.227. The van der Waals surface area contributed by atoms with Crippen LogP contribution in [0.15, 0.2) is 11.1 Å². The molecule has 0 aliphatic heterocycles. The van der Waals surface area contributed by atoms with Crippen LogP contribution >= 0.6 is 11.8 Å². The number of carbonyl (C=O) groups is 1. The summed E-state index contributed by atoms with van der Waals surface area (Å²) >= 11 is 1.48. The molecule has 0 bridgehead atoms. The number of anilines is 1. The van der Waals surface area contributed by atoms with Gasteiger partial charge in [0.1, 0.15) is 16.7 Å². The summed E-state index contributed by atoms with van der Waals surface area (Å²) in [6, 6.07) is 1.76. The number of ether oxygens (including phenoxy) is 1. The average Bonchev–Trinajstić information content (AvgIpc) is 2.37. The third kappa shape index (κ3) is 5.04. The number of hydrogen-bond donors (Lipinski definition) is 2. The Morgan fingerprint density at radius 1 is 1.47 bits per heavy atom. The van der Waals surface area contributed by atoms with Crippen LogP contribution in [0.25, 0.3) is 0 Å². The van der Waals surface area contributed by atoms with Crippen LogP contribution in [0, 0.1) is 0 Å². The van der Waals surface area contributed by atoms with E-state index >= 15 is 0 Å². The fourth-order valence-electron chi connectivity index (χ4n) is 1.25. The third-order valence-corrected chi connectivity index (χ3v) is 3.22. The van der Waals surface area contributed by atoms with Gasteiger partial charge in [0.2, 0.25) is 0 Å². The fraction of sp³-hybridized carbons (Fsp3) is 0.583. The highest BCUT2D eigenvalue weighted by atomic mass is 32.2. The Bertz CT molecular complexity index is 446. The van der Waals surface area contributed by atoms with E-state index < -0.39 is 0 Å². The number of hydrazine groups is 1. The second kappa shape index (κ2) is 6.72. The van der Waals surface area contributed by atoms with E-state index in [1.54, 1.807) is 6.07 Å². The molecule has 0 atom stereocenters. The van der Waals surface area contributed by atoms with Crippen LogP contribution in [0.4, 0.5) is 5.82 Å². The molecular formula is C12H20N4O2S. The number of nitrogens with two attached hydrogens (primary N) is 1. The molecule has 0 spiro atoms. The number of nitrogens with one attached hydrogen (secondary N) is 1. The van der Waals surface area contributed by atoms with E-state index in [9.17, 15) is 4.79 Å². The van der Waals surface area contributed by atoms with E-state index in [-0.39, 0.29) is 11.4 Å². The maximum atomic E-state index is 11.1. The molecule has 7 heteroatoms. The molecule has 0 aromatic carbocycles.